The fourth-order valence-electron chi connectivity index (χ4n) is 4.65. The van der Waals surface area contributed by atoms with Gasteiger partial charge in [0.2, 0.25) is 0 Å². The van der Waals surface area contributed by atoms with Crippen molar-refractivity contribution in [2.24, 2.45) is 0 Å². The molecule has 0 aliphatic carbocycles. The predicted molar refractivity (Wildman–Crippen MR) is 172 cm³/mol. The summed E-state index contributed by atoms with van der Waals surface area (Å²) in [4.78, 5) is 25.7. The van der Waals surface area contributed by atoms with E-state index in [1.165, 1.54) is 20.3 Å². The molecule has 0 fully saturated rings. The largest absolute Gasteiger partial charge is 0.489 e. The Morgan fingerprint density at radius 2 is 0.957 bits per heavy atom. The summed E-state index contributed by atoms with van der Waals surface area (Å²) < 4.78 is 34.3. The molecule has 5 aromatic carbocycles. The number of hydrogen-bond donors (Lipinski definition) is 0. The zero-order chi connectivity index (χ0) is 32.1. The Labute approximate surface area is 268 Å². The highest BCUT2D eigenvalue weighted by Gasteiger charge is 2.27. The lowest BCUT2D eigenvalue weighted by Gasteiger charge is -2.18. The number of carbonyl (C=O) groups is 2. The molecule has 46 heavy (non-hydrogen) atoms. The van der Waals surface area contributed by atoms with Crippen LogP contribution >= 0.6 is 0 Å². The maximum atomic E-state index is 13.0. The summed E-state index contributed by atoms with van der Waals surface area (Å²) in [6, 6.07) is 37.8. The van der Waals surface area contributed by atoms with Gasteiger partial charge in [-0.05, 0) is 58.7 Å². The zero-order valence-corrected chi connectivity index (χ0v) is 25.6. The average molecular weight is 619 g/mol. The van der Waals surface area contributed by atoms with E-state index in [1.54, 1.807) is 6.07 Å². The van der Waals surface area contributed by atoms with Gasteiger partial charge in [0.25, 0.3) is 0 Å². The van der Waals surface area contributed by atoms with Gasteiger partial charge in [-0.15, -0.1) is 0 Å². The topological polar surface area (TPSA) is 89.5 Å². The molecule has 0 bridgehead atoms. The highest BCUT2D eigenvalue weighted by atomic mass is 16.5. The van der Waals surface area contributed by atoms with Crippen LogP contribution in [-0.4, -0.2) is 26.2 Å². The molecule has 0 aliphatic heterocycles. The minimum atomic E-state index is -0.767. The van der Waals surface area contributed by atoms with Gasteiger partial charge in [-0.3, -0.25) is 0 Å². The maximum absolute atomic E-state index is 13.0. The van der Waals surface area contributed by atoms with Crippen LogP contribution < -0.4 is 18.9 Å². The SMILES string of the molecule is COC(=O)c1ccc(OCc2cccc(OCc3ccccc3)c2)c(OCc2cccc(OCc3ccccc3)c2)c1C(=O)OC. The second-order valence-corrected chi connectivity index (χ2v) is 10.2. The van der Waals surface area contributed by atoms with Gasteiger partial charge in [0.1, 0.15) is 43.5 Å². The van der Waals surface area contributed by atoms with Crippen LogP contribution in [0.25, 0.3) is 0 Å². The number of hydrogen-bond acceptors (Lipinski definition) is 8. The van der Waals surface area contributed by atoms with Crippen LogP contribution in [0.5, 0.6) is 23.0 Å². The molecule has 0 unspecified atom stereocenters. The normalized spacial score (nSPS) is 10.5. The van der Waals surface area contributed by atoms with Crippen molar-refractivity contribution >= 4 is 11.9 Å². The van der Waals surface area contributed by atoms with Crippen molar-refractivity contribution < 1.29 is 38.0 Å². The number of carbonyl (C=O) groups excluding carboxylic acids is 2. The Morgan fingerprint density at radius 3 is 1.48 bits per heavy atom. The first-order valence-corrected chi connectivity index (χ1v) is 14.6. The molecule has 0 heterocycles. The third kappa shape index (κ3) is 8.45. The maximum Gasteiger partial charge on any atom is 0.342 e. The zero-order valence-electron chi connectivity index (χ0n) is 25.6. The molecule has 8 nitrogen and oxygen atoms in total. The number of rotatable bonds is 14. The Morgan fingerprint density at radius 1 is 0.478 bits per heavy atom. The first-order chi connectivity index (χ1) is 22.5. The van der Waals surface area contributed by atoms with Crippen molar-refractivity contribution in [2.75, 3.05) is 14.2 Å². The molecule has 5 aromatic rings. The Kier molecular flexibility index (Phi) is 10.9. The van der Waals surface area contributed by atoms with Gasteiger partial charge in [0.15, 0.2) is 11.5 Å². The smallest absolute Gasteiger partial charge is 0.342 e. The van der Waals surface area contributed by atoms with Crippen LogP contribution in [0, 0.1) is 0 Å². The fourth-order valence-corrected chi connectivity index (χ4v) is 4.65. The van der Waals surface area contributed by atoms with E-state index in [9.17, 15) is 9.59 Å². The molecule has 0 atom stereocenters. The highest BCUT2D eigenvalue weighted by molar-refractivity contribution is 6.05. The summed E-state index contributed by atoms with van der Waals surface area (Å²) in [6.45, 7) is 1.03. The minimum Gasteiger partial charge on any atom is -0.489 e. The van der Waals surface area contributed by atoms with Gasteiger partial charge in [-0.25, -0.2) is 9.59 Å². The van der Waals surface area contributed by atoms with Crippen molar-refractivity contribution in [3.8, 4) is 23.0 Å². The lowest BCUT2D eigenvalue weighted by Crippen LogP contribution is -2.15. The molecule has 0 saturated carbocycles. The van der Waals surface area contributed by atoms with Crippen LogP contribution in [0.1, 0.15) is 43.0 Å². The molecule has 0 amide bonds. The van der Waals surface area contributed by atoms with E-state index in [1.807, 2.05) is 109 Å². The monoisotopic (exact) mass is 618 g/mol. The molecule has 234 valence electrons. The molecule has 5 rings (SSSR count). The molecular formula is C38H34O8. The van der Waals surface area contributed by atoms with Crippen LogP contribution in [0.3, 0.4) is 0 Å². The lowest BCUT2D eigenvalue weighted by atomic mass is 10.1. The molecule has 0 spiro atoms. The van der Waals surface area contributed by atoms with Gasteiger partial charge in [0.05, 0.1) is 19.8 Å². The molecule has 8 heteroatoms. The summed E-state index contributed by atoms with van der Waals surface area (Å²) >= 11 is 0. The highest BCUT2D eigenvalue weighted by Crippen LogP contribution is 2.36. The van der Waals surface area contributed by atoms with Crippen LogP contribution in [0.2, 0.25) is 0 Å². The number of ether oxygens (including phenoxy) is 6. The Balaban J connectivity index is 1.36. The molecule has 0 N–H and O–H groups in total. The van der Waals surface area contributed by atoms with Gasteiger partial charge in [-0.2, -0.15) is 0 Å². The molecular weight excluding hydrogens is 584 g/mol. The van der Waals surface area contributed by atoms with Crippen LogP contribution in [-0.2, 0) is 35.9 Å². The van der Waals surface area contributed by atoms with Crippen molar-refractivity contribution in [3.05, 3.63) is 155 Å². The first-order valence-electron chi connectivity index (χ1n) is 14.6. The summed E-state index contributed by atoms with van der Waals surface area (Å²) in [7, 11) is 2.47. The Hall–Kier alpha value is -5.76. The fraction of sp³-hybridized carbons (Fsp3) is 0.158. The summed E-state index contributed by atoms with van der Waals surface area (Å²) in [5, 5.41) is 0. The Bertz CT molecular complexity index is 1750. The first kappa shape index (κ1) is 31.7. The second-order valence-electron chi connectivity index (χ2n) is 10.2. The lowest BCUT2D eigenvalue weighted by molar-refractivity contribution is 0.0549. The van der Waals surface area contributed by atoms with Crippen molar-refractivity contribution in [1.82, 2.24) is 0 Å². The van der Waals surface area contributed by atoms with E-state index >= 15 is 0 Å². The van der Waals surface area contributed by atoms with E-state index in [-0.39, 0.29) is 35.8 Å². The van der Waals surface area contributed by atoms with E-state index < -0.39 is 11.9 Å². The van der Waals surface area contributed by atoms with Gasteiger partial charge in [-0.1, -0.05) is 84.9 Å². The number of methoxy groups -OCH3 is 2. The molecule has 0 aliphatic rings. The van der Waals surface area contributed by atoms with Crippen LogP contribution in [0.4, 0.5) is 0 Å². The predicted octanol–water partition coefficient (Wildman–Crippen LogP) is 7.58. The van der Waals surface area contributed by atoms with E-state index in [2.05, 4.69) is 0 Å². The summed E-state index contributed by atoms with van der Waals surface area (Å²) in [6.07, 6.45) is 0. The van der Waals surface area contributed by atoms with E-state index in [4.69, 9.17) is 28.4 Å². The van der Waals surface area contributed by atoms with Crippen molar-refractivity contribution in [2.45, 2.75) is 26.4 Å². The number of benzene rings is 5. The molecule has 0 saturated heterocycles. The standard InChI is InChI=1S/C38H34O8/c1-41-37(39)33-19-20-34(45-25-29-15-9-17-31(21-29)43-23-27-11-5-3-6-12-27)36(35(33)38(40)42-2)46-26-30-16-10-18-32(22-30)44-24-28-13-7-4-8-14-28/h3-22H,23-26H2,1-2H3. The van der Waals surface area contributed by atoms with Crippen molar-refractivity contribution in [1.29, 1.82) is 0 Å². The quantitative estimate of drug-likeness (QED) is 0.118. The average Bonchev–Trinajstić information content (AvgIpc) is 3.11. The van der Waals surface area contributed by atoms with Gasteiger partial charge in [0, 0.05) is 0 Å². The second kappa shape index (κ2) is 15.8. The van der Waals surface area contributed by atoms with Gasteiger partial charge >= 0.3 is 11.9 Å². The van der Waals surface area contributed by atoms with Crippen LogP contribution in [0.15, 0.2) is 121 Å². The summed E-state index contributed by atoms with van der Waals surface area (Å²) in [5.74, 6) is 0.176. The van der Waals surface area contributed by atoms with Gasteiger partial charge < -0.3 is 28.4 Å². The number of esters is 2. The molecule has 0 aromatic heterocycles. The van der Waals surface area contributed by atoms with E-state index in [0.717, 1.165) is 22.3 Å². The minimum absolute atomic E-state index is 0.00652. The third-order valence-corrected chi connectivity index (χ3v) is 6.99. The molecule has 0 radical (unpaired) electrons. The van der Waals surface area contributed by atoms with Crippen molar-refractivity contribution in [3.63, 3.8) is 0 Å². The summed E-state index contributed by atoms with van der Waals surface area (Å²) in [5.41, 5.74) is 3.61. The van der Waals surface area contributed by atoms with E-state index in [0.29, 0.717) is 24.7 Å². The third-order valence-electron chi connectivity index (χ3n) is 6.99.